The fraction of sp³-hybridized carbons (Fsp3) is 0.667. The normalized spacial score (nSPS) is 16.5. The Kier molecular flexibility index (Phi) is 5.34. The van der Waals surface area contributed by atoms with E-state index in [4.69, 9.17) is 5.11 Å². The van der Waals surface area contributed by atoms with Crippen molar-refractivity contribution < 1.29 is 27.5 Å². The predicted octanol–water partition coefficient (Wildman–Crippen LogP) is 0.622. The molecule has 0 aliphatic heterocycles. The molecule has 64 valence electrons. The minimum absolute atomic E-state index is 0. The summed E-state index contributed by atoms with van der Waals surface area (Å²) in [5.41, 5.74) is 0. The molecule has 0 fully saturated rings. The maximum absolute atomic E-state index is 11.8. The van der Waals surface area contributed by atoms with Gasteiger partial charge in [-0.1, -0.05) is 11.6 Å². The van der Waals surface area contributed by atoms with Crippen LogP contribution in [0.4, 0.5) is 17.6 Å². The summed E-state index contributed by atoms with van der Waals surface area (Å²) in [6, 6.07) is 0. The second kappa shape index (κ2) is 4.11. The second-order valence-corrected chi connectivity index (χ2v) is 1.90. The first-order chi connectivity index (χ1) is 4.19. The third-order valence-corrected chi connectivity index (χ3v) is 1.00. The Balaban J connectivity index is 0. The van der Waals surface area contributed by atoms with Gasteiger partial charge < -0.3 is 5.11 Å². The molecule has 0 radical (unpaired) electrons. The van der Waals surface area contributed by atoms with Crippen LogP contribution in [0.15, 0.2) is 0 Å². The molecule has 11 heavy (non-hydrogen) atoms. The molecule has 0 heterocycles. The van der Waals surface area contributed by atoms with E-state index in [1.165, 1.54) is 0 Å². The summed E-state index contributed by atoms with van der Waals surface area (Å²) in [6.07, 6.45) is -5.58. The van der Waals surface area contributed by atoms with Gasteiger partial charge in [-0.3, -0.25) is 0 Å². The van der Waals surface area contributed by atoms with Crippen molar-refractivity contribution in [3.05, 3.63) is 0 Å². The number of alkyl halides is 5. The van der Waals surface area contributed by atoms with Crippen LogP contribution in [0.2, 0.25) is 0 Å². The Morgan fingerprint density at radius 2 is 1.55 bits per heavy atom. The second-order valence-electron chi connectivity index (χ2n) is 1.38. The van der Waals surface area contributed by atoms with Gasteiger partial charge in [0.2, 0.25) is 0 Å². The monoisotopic (exact) mass is 222 g/mol. The van der Waals surface area contributed by atoms with Crippen molar-refractivity contribution in [2.75, 3.05) is 0 Å². The van der Waals surface area contributed by atoms with E-state index < -0.39 is 17.3 Å². The quantitative estimate of drug-likeness (QED) is 0.401. The zero-order valence-electron chi connectivity index (χ0n) is 4.25. The molecule has 1 N–H and O–H groups in total. The number of halogens is 5. The van der Waals surface area contributed by atoms with Gasteiger partial charge in [0.1, 0.15) is 0 Å². The minimum atomic E-state index is -5.58. The third kappa shape index (κ3) is 3.31. The SMILES string of the molecule is O=C(O)C(F)(Cl)C(F)(F)F.[CaH2]. The van der Waals surface area contributed by atoms with Crippen molar-refractivity contribution >= 4 is 55.3 Å². The first kappa shape index (κ1) is 14.3. The zero-order valence-corrected chi connectivity index (χ0v) is 5.00. The zero-order chi connectivity index (χ0) is 8.58. The summed E-state index contributed by atoms with van der Waals surface area (Å²) in [5, 5.41) is 2.88. The van der Waals surface area contributed by atoms with Crippen LogP contribution in [0.25, 0.3) is 0 Å². The molecule has 0 aliphatic carbocycles. The van der Waals surface area contributed by atoms with Crippen LogP contribution in [0.3, 0.4) is 0 Å². The molecular formula is C3H3CaClF4O2. The standard InChI is InChI=1S/C3HClF4O2.Ca.2H/c4-2(5,1(9)10)3(6,7)8;;;/h(H,9,10);;;. The van der Waals surface area contributed by atoms with Crippen LogP contribution in [0, 0.1) is 0 Å². The summed E-state index contributed by atoms with van der Waals surface area (Å²) < 4.78 is 45.3. The van der Waals surface area contributed by atoms with E-state index in [0.29, 0.717) is 0 Å². The van der Waals surface area contributed by atoms with Crippen LogP contribution in [-0.2, 0) is 4.79 Å². The molecule has 0 aromatic rings. The summed E-state index contributed by atoms with van der Waals surface area (Å²) in [5.74, 6) is -2.76. The molecule has 0 saturated heterocycles. The fourth-order valence-electron chi connectivity index (χ4n) is 0.121. The molecular weight excluding hydrogens is 220 g/mol. The average Bonchev–Trinajstić information content (AvgIpc) is 1.62. The van der Waals surface area contributed by atoms with Crippen molar-refractivity contribution in [1.82, 2.24) is 0 Å². The van der Waals surface area contributed by atoms with Crippen LogP contribution < -0.4 is 0 Å². The number of carboxylic acid groups (broad SMARTS) is 1. The van der Waals surface area contributed by atoms with Gasteiger partial charge in [0.15, 0.2) is 0 Å². The van der Waals surface area contributed by atoms with E-state index in [0.717, 1.165) is 0 Å². The van der Waals surface area contributed by atoms with Gasteiger partial charge in [-0.15, -0.1) is 0 Å². The predicted molar refractivity (Wildman–Crippen MR) is 31.9 cm³/mol. The van der Waals surface area contributed by atoms with E-state index in [-0.39, 0.29) is 37.7 Å². The molecule has 0 bridgehead atoms. The number of carboxylic acids is 1. The number of rotatable bonds is 1. The number of hydrogen-bond acceptors (Lipinski definition) is 1. The van der Waals surface area contributed by atoms with E-state index in [2.05, 4.69) is 11.6 Å². The molecule has 0 saturated carbocycles. The molecule has 0 spiro atoms. The van der Waals surface area contributed by atoms with Gasteiger partial charge in [0.25, 0.3) is 0 Å². The van der Waals surface area contributed by atoms with Crippen LogP contribution in [-0.4, -0.2) is 60.1 Å². The molecule has 1 atom stereocenters. The molecule has 0 rings (SSSR count). The summed E-state index contributed by atoms with van der Waals surface area (Å²) in [6.45, 7) is 0. The molecule has 0 aromatic carbocycles. The third-order valence-electron chi connectivity index (χ3n) is 0.625. The van der Waals surface area contributed by atoms with E-state index in [1.54, 1.807) is 0 Å². The fourth-order valence-corrected chi connectivity index (χ4v) is 0.121. The van der Waals surface area contributed by atoms with Gasteiger partial charge in [-0.25, -0.2) is 9.18 Å². The van der Waals surface area contributed by atoms with Crippen molar-refractivity contribution in [1.29, 1.82) is 0 Å². The molecule has 8 heteroatoms. The molecule has 0 aromatic heterocycles. The molecule has 0 aliphatic rings. The van der Waals surface area contributed by atoms with Crippen LogP contribution in [0.5, 0.6) is 0 Å². The first-order valence-electron chi connectivity index (χ1n) is 1.87. The van der Waals surface area contributed by atoms with Gasteiger partial charge in [0.05, 0.1) is 0 Å². The Labute approximate surface area is 93.5 Å². The molecule has 1 unspecified atom stereocenters. The van der Waals surface area contributed by atoms with Gasteiger partial charge in [0, 0.05) is 0 Å². The Morgan fingerprint density at radius 1 is 1.27 bits per heavy atom. The van der Waals surface area contributed by atoms with Crippen molar-refractivity contribution in [2.45, 2.75) is 11.3 Å². The summed E-state index contributed by atoms with van der Waals surface area (Å²) >= 11 is 3.96. The number of carbonyl (C=O) groups is 1. The van der Waals surface area contributed by atoms with Crippen molar-refractivity contribution in [2.24, 2.45) is 0 Å². The Hall–Kier alpha value is 0.740. The maximum atomic E-state index is 11.8. The number of hydrogen-bond donors (Lipinski definition) is 1. The molecule has 2 nitrogen and oxygen atoms in total. The molecule has 0 amide bonds. The Morgan fingerprint density at radius 3 is 1.55 bits per heavy atom. The van der Waals surface area contributed by atoms with Gasteiger partial charge >= 0.3 is 55.0 Å². The van der Waals surface area contributed by atoms with Crippen LogP contribution in [0.1, 0.15) is 0 Å². The Bertz CT molecular complexity index is 156. The van der Waals surface area contributed by atoms with Gasteiger partial charge in [-0.05, 0) is 0 Å². The number of aliphatic carboxylic acids is 1. The van der Waals surface area contributed by atoms with Crippen molar-refractivity contribution in [3.8, 4) is 0 Å². The summed E-state index contributed by atoms with van der Waals surface area (Å²) in [4.78, 5) is 9.44. The van der Waals surface area contributed by atoms with Crippen molar-refractivity contribution in [3.63, 3.8) is 0 Å². The van der Waals surface area contributed by atoms with Crippen LogP contribution >= 0.6 is 11.6 Å². The first-order valence-corrected chi connectivity index (χ1v) is 2.25. The van der Waals surface area contributed by atoms with E-state index in [9.17, 15) is 22.4 Å². The van der Waals surface area contributed by atoms with E-state index in [1.807, 2.05) is 0 Å². The topological polar surface area (TPSA) is 37.3 Å². The van der Waals surface area contributed by atoms with Gasteiger partial charge in [-0.2, -0.15) is 13.2 Å². The van der Waals surface area contributed by atoms with E-state index >= 15 is 0 Å². The summed E-state index contributed by atoms with van der Waals surface area (Å²) in [7, 11) is 0. The average molecular weight is 223 g/mol.